The monoisotopic (exact) mass is 282 g/mol. The molecule has 0 unspecified atom stereocenters. The van der Waals surface area contributed by atoms with Gasteiger partial charge in [0.15, 0.2) is 0 Å². The summed E-state index contributed by atoms with van der Waals surface area (Å²) >= 11 is 0. The predicted molar refractivity (Wildman–Crippen MR) is 76.6 cm³/mol. The van der Waals surface area contributed by atoms with E-state index in [0.717, 1.165) is 31.5 Å². The first-order valence-corrected chi connectivity index (χ1v) is 8.17. The lowest BCUT2D eigenvalue weighted by molar-refractivity contribution is 0.232. The fourth-order valence-electron chi connectivity index (χ4n) is 2.28. The standard InChI is InChI=1S/C14H22N2O2S/c1-12-3-5-13(6-4-12)19(17,18)16-11-14(2)7-9-15-10-8-14/h3-6,15-16H,7-11H2,1-2H3. The third kappa shape index (κ3) is 3.78. The number of hydrogen-bond acceptors (Lipinski definition) is 3. The van der Waals surface area contributed by atoms with Gasteiger partial charge in [-0.05, 0) is 50.4 Å². The zero-order chi connectivity index (χ0) is 13.9. The molecule has 0 radical (unpaired) electrons. The van der Waals surface area contributed by atoms with Crippen molar-refractivity contribution in [3.05, 3.63) is 29.8 Å². The zero-order valence-corrected chi connectivity index (χ0v) is 12.4. The molecule has 1 aromatic rings. The first kappa shape index (κ1) is 14.5. The molecule has 0 saturated carbocycles. The molecular formula is C14H22N2O2S. The lowest BCUT2D eigenvalue weighted by Crippen LogP contribution is -2.42. The van der Waals surface area contributed by atoms with Gasteiger partial charge >= 0.3 is 0 Å². The SMILES string of the molecule is Cc1ccc(S(=O)(=O)NCC2(C)CCNCC2)cc1. The van der Waals surface area contributed by atoms with Crippen LogP contribution in [0.25, 0.3) is 0 Å². The molecule has 1 heterocycles. The van der Waals surface area contributed by atoms with Crippen LogP contribution in [0, 0.1) is 12.3 Å². The molecule has 106 valence electrons. The summed E-state index contributed by atoms with van der Waals surface area (Å²) in [6.45, 7) is 6.52. The van der Waals surface area contributed by atoms with E-state index in [1.165, 1.54) is 0 Å². The van der Waals surface area contributed by atoms with Gasteiger partial charge in [-0.1, -0.05) is 24.6 Å². The van der Waals surface area contributed by atoms with Crippen LogP contribution in [-0.2, 0) is 10.0 Å². The summed E-state index contributed by atoms with van der Waals surface area (Å²) in [5, 5.41) is 3.30. The van der Waals surface area contributed by atoms with Crippen LogP contribution in [-0.4, -0.2) is 28.1 Å². The van der Waals surface area contributed by atoms with Gasteiger partial charge in [-0.25, -0.2) is 13.1 Å². The Hall–Kier alpha value is -0.910. The number of nitrogens with one attached hydrogen (secondary N) is 2. The first-order valence-electron chi connectivity index (χ1n) is 6.68. The maximum Gasteiger partial charge on any atom is 0.240 e. The Bertz CT molecular complexity index is 517. The van der Waals surface area contributed by atoms with Crippen molar-refractivity contribution in [3.8, 4) is 0 Å². The topological polar surface area (TPSA) is 58.2 Å². The highest BCUT2D eigenvalue weighted by Gasteiger charge is 2.28. The van der Waals surface area contributed by atoms with E-state index in [1.807, 2.05) is 19.1 Å². The third-order valence-electron chi connectivity index (χ3n) is 3.83. The van der Waals surface area contributed by atoms with Crippen LogP contribution < -0.4 is 10.0 Å². The quantitative estimate of drug-likeness (QED) is 0.883. The highest BCUT2D eigenvalue weighted by Crippen LogP contribution is 2.27. The van der Waals surface area contributed by atoms with Gasteiger partial charge in [-0.3, -0.25) is 0 Å². The van der Waals surface area contributed by atoms with Gasteiger partial charge < -0.3 is 5.32 Å². The van der Waals surface area contributed by atoms with Crippen molar-refractivity contribution in [2.75, 3.05) is 19.6 Å². The molecule has 4 nitrogen and oxygen atoms in total. The summed E-state index contributed by atoms with van der Waals surface area (Å²) in [5.74, 6) is 0. The van der Waals surface area contributed by atoms with Crippen LogP contribution >= 0.6 is 0 Å². The van der Waals surface area contributed by atoms with Crippen LogP contribution in [0.2, 0.25) is 0 Å². The Balaban J connectivity index is 2.03. The van der Waals surface area contributed by atoms with Crippen molar-refractivity contribution in [2.24, 2.45) is 5.41 Å². The number of benzene rings is 1. The Morgan fingerprint density at radius 2 is 1.79 bits per heavy atom. The molecule has 1 saturated heterocycles. The molecule has 0 spiro atoms. The lowest BCUT2D eigenvalue weighted by Gasteiger charge is -2.34. The van der Waals surface area contributed by atoms with Crippen LogP contribution in [0.3, 0.4) is 0 Å². The van der Waals surface area contributed by atoms with Crippen molar-refractivity contribution in [1.82, 2.24) is 10.0 Å². The van der Waals surface area contributed by atoms with Crippen molar-refractivity contribution in [2.45, 2.75) is 31.6 Å². The highest BCUT2D eigenvalue weighted by atomic mass is 32.2. The fraction of sp³-hybridized carbons (Fsp3) is 0.571. The Morgan fingerprint density at radius 3 is 2.37 bits per heavy atom. The molecule has 1 aromatic carbocycles. The summed E-state index contributed by atoms with van der Waals surface area (Å²) < 4.78 is 27.2. The second-order valence-corrected chi connectivity index (χ2v) is 7.47. The van der Waals surface area contributed by atoms with E-state index in [0.29, 0.717) is 11.4 Å². The second-order valence-electron chi connectivity index (χ2n) is 5.70. The summed E-state index contributed by atoms with van der Waals surface area (Å²) in [6, 6.07) is 6.95. The Labute approximate surface area is 115 Å². The smallest absolute Gasteiger partial charge is 0.240 e. The maximum absolute atomic E-state index is 12.2. The molecule has 2 N–H and O–H groups in total. The third-order valence-corrected chi connectivity index (χ3v) is 5.25. The van der Waals surface area contributed by atoms with Gasteiger partial charge in [0.1, 0.15) is 0 Å². The number of rotatable bonds is 4. The maximum atomic E-state index is 12.2. The minimum Gasteiger partial charge on any atom is -0.317 e. The van der Waals surface area contributed by atoms with E-state index in [2.05, 4.69) is 17.0 Å². The summed E-state index contributed by atoms with van der Waals surface area (Å²) in [4.78, 5) is 0.343. The van der Waals surface area contributed by atoms with E-state index in [4.69, 9.17) is 0 Å². The normalized spacial score (nSPS) is 19.3. The van der Waals surface area contributed by atoms with Gasteiger partial charge in [-0.2, -0.15) is 0 Å². The van der Waals surface area contributed by atoms with Crippen LogP contribution in [0.5, 0.6) is 0 Å². The zero-order valence-electron chi connectivity index (χ0n) is 11.6. The van der Waals surface area contributed by atoms with E-state index >= 15 is 0 Å². The van der Waals surface area contributed by atoms with Gasteiger partial charge in [-0.15, -0.1) is 0 Å². The minimum absolute atomic E-state index is 0.0585. The van der Waals surface area contributed by atoms with Gasteiger partial charge in [0, 0.05) is 6.54 Å². The highest BCUT2D eigenvalue weighted by molar-refractivity contribution is 7.89. The van der Waals surface area contributed by atoms with Crippen molar-refractivity contribution in [1.29, 1.82) is 0 Å². The molecule has 0 atom stereocenters. The molecule has 2 rings (SSSR count). The lowest BCUT2D eigenvalue weighted by atomic mass is 9.81. The average molecular weight is 282 g/mol. The molecule has 0 aliphatic carbocycles. The van der Waals surface area contributed by atoms with E-state index in [1.54, 1.807) is 12.1 Å². The molecule has 1 aliphatic heterocycles. The number of aryl methyl sites for hydroxylation is 1. The predicted octanol–water partition coefficient (Wildman–Crippen LogP) is 1.66. The van der Waals surface area contributed by atoms with E-state index < -0.39 is 10.0 Å². The second kappa shape index (κ2) is 5.61. The van der Waals surface area contributed by atoms with E-state index in [9.17, 15) is 8.42 Å². The number of piperidine rings is 1. The fourth-order valence-corrected chi connectivity index (χ4v) is 3.48. The molecule has 0 aromatic heterocycles. The first-order chi connectivity index (χ1) is 8.91. The number of hydrogen-bond donors (Lipinski definition) is 2. The van der Waals surface area contributed by atoms with Gasteiger partial charge in [0.05, 0.1) is 4.90 Å². The summed E-state index contributed by atoms with van der Waals surface area (Å²) in [5.41, 5.74) is 1.12. The van der Waals surface area contributed by atoms with Gasteiger partial charge in [0.25, 0.3) is 0 Å². The molecular weight excluding hydrogens is 260 g/mol. The summed E-state index contributed by atoms with van der Waals surface area (Å²) in [6.07, 6.45) is 2.01. The van der Waals surface area contributed by atoms with Crippen molar-refractivity contribution in [3.63, 3.8) is 0 Å². The largest absolute Gasteiger partial charge is 0.317 e. The van der Waals surface area contributed by atoms with Crippen LogP contribution in [0.1, 0.15) is 25.3 Å². The molecule has 5 heteroatoms. The summed E-state index contributed by atoms with van der Waals surface area (Å²) in [7, 11) is -3.38. The number of sulfonamides is 1. The molecule has 0 amide bonds. The van der Waals surface area contributed by atoms with Gasteiger partial charge in [0.2, 0.25) is 10.0 Å². The van der Waals surface area contributed by atoms with Crippen molar-refractivity contribution >= 4 is 10.0 Å². The average Bonchev–Trinajstić information content (AvgIpc) is 2.38. The van der Waals surface area contributed by atoms with E-state index in [-0.39, 0.29) is 5.41 Å². The molecule has 1 aliphatic rings. The van der Waals surface area contributed by atoms with Crippen molar-refractivity contribution < 1.29 is 8.42 Å². The molecule has 1 fully saturated rings. The van der Waals surface area contributed by atoms with Crippen LogP contribution in [0.15, 0.2) is 29.2 Å². The molecule has 19 heavy (non-hydrogen) atoms. The minimum atomic E-state index is -3.38. The molecule has 0 bridgehead atoms. The van der Waals surface area contributed by atoms with Crippen LogP contribution in [0.4, 0.5) is 0 Å². The Kier molecular flexibility index (Phi) is 4.28. The Morgan fingerprint density at radius 1 is 1.21 bits per heavy atom.